The minimum Gasteiger partial charge on any atom is -0.464 e. The van der Waals surface area contributed by atoms with Crippen molar-refractivity contribution in [3.63, 3.8) is 0 Å². The third kappa shape index (κ3) is 1.80. The fourth-order valence-corrected chi connectivity index (χ4v) is 1.81. The Hall–Kier alpha value is -1.42. The molecule has 1 aliphatic carbocycles. The van der Waals surface area contributed by atoms with E-state index in [1.54, 1.807) is 31.3 Å². The van der Waals surface area contributed by atoms with Crippen LogP contribution in [-0.2, 0) is 15.1 Å². The molecule has 0 aromatic carbocycles. The zero-order chi connectivity index (χ0) is 11.6. The van der Waals surface area contributed by atoms with Crippen molar-refractivity contribution >= 4 is 5.97 Å². The Labute approximate surface area is 94.3 Å². The fourth-order valence-electron chi connectivity index (χ4n) is 1.81. The molecule has 1 N–H and O–H groups in total. The molecule has 1 fully saturated rings. The van der Waals surface area contributed by atoms with Gasteiger partial charge < -0.3 is 9.84 Å². The van der Waals surface area contributed by atoms with E-state index in [9.17, 15) is 9.90 Å². The van der Waals surface area contributed by atoms with Crippen molar-refractivity contribution in [2.24, 2.45) is 5.92 Å². The van der Waals surface area contributed by atoms with Crippen LogP contribution >= 0.6 is 0 Å². The van der Waals surface area contributed by atoms with Crippen molar-refractivity contribution in [3.05, 3.63) is 30.1 Å². The minimum atomic E-state index is -1.56. The van der Waals surface area contributed by atoms with Crippen molar-refractivity contribution in [1.82, 2.24) is 4.98 Å². The van der Waals surface area contributed by atoms with Gasteiger partial charge in [0.05, 0.1) is 12.3 Å². The van der Waals surface area contributed by atoms with E-state index in [1.807, 2.05) is 0 Å². The van der Waals surface area contributed by atoms with Gasteiger partial charge in [-0.3, -0.25) is 4.98 Å². The van der Waals surface area contributed by atoms with Crippen molar-refractivity contribution in [3.8, 4) is 0 Å². The lowest BCUT2D eigenvalue weighted by atomic mass is 9.93. The molecule has 1 aromatic rings. The van der Waals surface area contributed by atoms with Gasteiger partial charge in [-0.1, -0.05) is 6.07 Å². The Morgan fingerprint density at radius 2 is 2.38 bits per heavy atom. The van der Waals surface area contributed by atoms with Crippen molar-refractivity contribution < 1.29 is 14.6 Å². The highest BCUT2D eigenvalue weighted by molar-refractivity contribution is 5.81. The van der Waals surface area contributed by atoms with Crippen LogP contribution < -0.4 is 0 Å². The second kappa shape index (κ2) is 4.22. The third-order valence-electron chi connectivity index (χ3n) is 2.81. The van der Waals surface area contributed by atoms with Crippen LogP contribution in [0.25, 0.3) is 0 Å². The standard InChI is InChI=1S/C12H15NO3/c1-2-16-11(14)12(15,9-6-7-9)10-5-3-4-8-13-10/h3-5,8-9,15H,2,6-7H2,1H3. The monoisotopic (exact) mass is 221 g/mol. The Morgan fingerprint density at radius 1 is 1.62 bits per heavy atom. The Balaban J connectivity index is 2.32. The average Bonchev–Trinajstić information content (AvgIpc) is 3.13. The second-order valence-electron chi connectivity index (χ2n) is 3.98. The molecule has 1 aliphatic rings. The van der Waals surface area contributed by atoms with E-state index < -0.39 is 11.6 Å². The van der Waals surface area contributed by atoms with E-state index in [-0.39, 0.29) is 12.5 Å². The predicted molar refractivity (Wildman–Crippen MR) is 57.5 cm³/mol. The van der Waals surface area contributed by atoms with E-state index in [2.05, 4.69) is 4.98 Å². The Morgan fingerprint density at radius 3 is 2.88 bits per heavy atom. The first-order valence-electron chi connectivity index (χ1n) is 5.50. The number of rotatable bonds is 4. The molecule has 1 heterocycles. The summed E-state index contributed by atoms with van der Waals surface area (Å²) in [4.78, 5) is 15.9. The number of esters is 1. The molecule has 0 bridgehead atoms. The summed E-state index contributed by atoms with van der Waals surface area (Å²) in [5.41, 5.74) is -1.17. The summed E-state index contributed by atoms with van der Waals surface area (Å²) in [5.74, 6) is -0.641. The van der Waals surface area contributed by atoms with Crippen LogP contribution in [0.3, 0.4) is 0 Å². The molecule has 1 saturated carbocycles. The highest BCUT2D eigenvalue weighted by Gasteiger charge is 2.53. The number of carbonyl (C=O) groups excluding carboxylic acids is 1. The summed E-state index contributed by atoms with van der Waals surface area (Å²) in [6.07, 6.45) is 3.25. The highest BCUT2D eigenvalue weighted by atomic mass is 16.5. The summed E-state index contributed by atoms with van der Waals surface area (Å²) in [7, 11) is 0. The van der Waals surface area contributed by atoms with Crippen LogP contribution in [-0.4, -0.2) is 22.7 Å². The molecular formula is C12H15NO3. The lowest BCUT2D eigenvalue weighted by Crippen LogP contribution is -2.40. The first-order valence-corrected chi connectivity index (χ1v) is 5.50. The van der Waals surface area contributed by atoms with Gasteiger partial charge >= 0.3 is 5.97 Å². The summed E-state index contributed by atoms with van der Waals surface area (Å²) in [6.45, 7) is 1.99. The zero-order valence-electron chi connectivity index (χ0n) is 9.22. The summed E-state index contributed by atoms with van der Waals surface area (Å²) < 4.78 is 4.93. The maximum absolute atomic E-state index is 11.8. The lowest BCUT2D eigenvalue weighted by molar-refractivity contribution is -0.169. The highest BCUT2D eigenvalue weighted by Crippen LogP contribution is 2.45. The normalized spacial score (nSPS) is 18.9. The molecule has 16 heavy (non-hydrogen) atoms. The van der Waals surface area contributed by atoms with Crippen LogP contribution in [0.15, 0.2) is 24.4 Å². The molecule has 1 atom stereocenters. The van der Waals surface area contributed by atoms with Crippen LogP contribution in [0.5, 0.6) is 0 Å². The second-order valence-corrected chi connectivity index (χ2v) is 3.98. The van der Waals surface area contributed by atoms with Gasteiger partial charge in [-0.2, -0.15) is 0 Å². The number of hydrogen-bond acceptors (Lipinski definition) is 4. The maximum atomic E-state index is 11.8. The Kier molecular flexibility index (Phi) is 2.92. The quantitative estimate of drug-likeness (QED) is 0.777. The molecule has 2 rings (SSSR count). The van der Waals surface area contributed by atoms with E-state index in [4.69, 9.17) is 4.74 Å². The van der Waals surface area contributed by atoms with Crippen LogP contribution in [0.4, 0.5) is 0 Å². The van der Waals surface area contributed by atoms with E-state index in [1.165, 1.54) is 0 Å². The number of carbonyl (C=O) groups is 1. The number of ether oxygens (including phenoxy) is 1. The van der Waals surface area contributed by atoms with Crippen molar-refractivity contribution in [2.75, 3.05) is 6.61 Å². The van der Waals surface area contributed by atoms with Crippen molar-refractivity contribution in [1.29, 1.82) is 0 Å². The topological polar surface area (TPSA) is 59.4 Å². The number of nitrogens with zero attached hydrogens (tertiary/aromatic N) is 1. The molecule has 86 valence electrons. The summed E-state index contributed by atoms with van der Waals surface area (Å²) in [6, 6.07) is 5.17. The van der Waals surface area contributed by atoms with Gasteiger partial charge in [-0.05, 0) is 31.9 Å². The largest absolute Gasteiger partial charge is 0.464 e. The molecule has 0 spiro atoms. The smallest absolute Gasteiger partial charge is 0.344 e. The lowest BCUT2D eigenvalue weighted by Gasteiger charge is -2.24. The molecule has 1 aromatic heterocycles. The van der Waals surface area contributed by atoms with Crippen LogP contribution in [0.2, 0.25) is 0 Å². The van der Waals surface area contributed by atoms with Gasteiger partial charge in [0.2, 0.25) is 5.60 Å². The van der Waals surface area contributed by atoms with Gasteiger partial charge in [-0.15, -0.1) is 0 Å². The number of aromatic nitrogens is 1. The third-order valence-corrected chi connectivity index (χ3v) is 2.81. The minimum absolute atomic E-state index is 0.0542. The molecule has 0 radical (unpaired) electrons. The maximum Gasteiger partial charge on any atom is 0.344 e. The SMILES string of the molecule is CCOC(=O)C(O)(c1ccccn1)C1CC1. The molecule has 1 unspecified atom stereocenters. The summed E-state index contributed by atoms with van der Waals surface area (Å²) in [5, 5.41) is 10.5. The molecular weight excluding hydrogens is 206 g/mol. The van der Waals surface area contributed by atoms with Crippen LogP contribution in [0.1, 0.15) is 25.5 Å². The number of pyridine rings is 1. The molecule has 0 amide bonds. The van der Waals surface area contributed by atoms with Gasteiger partial charge in [0.15, 0.2) is 0 Å². The van der Waals surface area contributed by atoms with E-state index in [0.29, 0.717) is 5.69 Å². The summed E-state index contributed by atoms with van der Waals surface area (Å²) >= 11 is 0. The van der Waals surface area contributed by atoms with Gasteiger partial charge in [0.25, 0.3) is 0 Å². The fraction of sp³-hybridized carbons (Fsp3) is 0.500. The first kappa shape index (κ1) is 11.1. The molecule has 0 saturated heterocycles. The first-order chi connectivity index (χ1) is 7.69. The molecule has 0 aliphatic heterocycles. The van der Waals surface area contributed by atoms with Crippen molar-refractivity contribution in [2.45, 2.75) is 25.4 Å². The Bertz CT molecular complexity index is 375. The van der Waals surface area contributed by atoms with Gasteiger partial charge in [0, 0.05) is 12.1 Å². The average molecular weight is 221 g/mol. The van der Waals surface area contributed by atoms with Gasteiger partial charge in [0.1, 0.15) is 0 Å². The predicted octanol–water partition coefficient (Wildman–Crippen LogP) is 1.24. The number of hydrogen-bond donors (Lipinski definition) is 1. The van der Waals surface area contributed by atoms with E-state index >= 15 is 0 Å². The zero-order valence-corrected chi connectivity index (χ0v) is 9.22. The number of aliphatic hydroxyl groups is 1. The molecule has 4 nitrogen and oxygen atoms in total. The van der Waals surface area contributed by atoms with Gasteiger partial charge in [-0.25, -0.2) is 4.79 Å². The van der Waals surface area contributed by atoms with Crippen LogP contribution in [0, 0.1) is 5.92 Å². The van der Waals surface area contributed by atoms with E-state index in [0.717, 1.165) is 12.8 Å². The molecule has 4 heteroatoms.